The van der Waals surface area contributed by atoms with Crippen LogP contribution >= 0.6 is 0 Å². The van der Waals surface area contributed by atoms with Gasteiger partial charge >= 0.3 is 12.0 Å². The Morgan fingerprint density at radius 3 is 2.90 bits per heavy atom. The van der Waals surface area contributed by atoms with E-state index in [0.717, 1.165) is 11.3 Å². The Kier molecular flexibility index (Phi) is 4.45. The van der Waals surface area contributed by atoms with Crippen LogP contribution in [-0.4, -0.2) is 41.7 Å². The SMILES string of the molecule is CCN(CC(=O)O)C(=O)NC1CCOc2ccccc21. The molecule has 1 aromatic carbocycles. The number of benzene rings is 1. The fourth-order valence-electron chi connectivity index (χ4n) is 2.22. The fourth-order valence-corrected chi connectivity index (χ4v) is 2.22. The van der Waals surface area contributed by atoms with Crippen molar-refractivity contribution in [1.29, 1.82) is 0 Å². The summed E-state index contributed by atoms with van der Waals surface area (Å²) >= 11 is 0. The van der Waals surface area contributed by atoms with Gasteiger partial charge in [-0.05, 0) is 13.0 Å². The van der Waals surface area contributed by atoms with E-state index in [1.165, 1.54) is 4.90 Å². The van der Waals surface area contributed by atoms with E-state index in [2.05, 4.69) is 5.32 Å². The van der Waals surface area contributed by atoms with Crippen LogP contribution in [0.5, 0.6) is 5.75 Å². The predicted octanol–water partition coefficient (Wildman–Crippen LogP) is 1.63. The predicted molar refractivity (Wildman–Crippen MR) is 72.7 cm³/mol. The molecule has 1 heterocycles. The van der Waals surface area contributed by atoms with Gasteiger partial charge in [0.1, 0.15) is 12.3 Å². The Bertz CT molecular complexity index is 504. The molecule has 2 amide bonds. The molecule has 0 spiro atoms. The van der Waals surface area contributed by atoms with Crippen molar-refractivity contribution in [3.63, 3.8) is 0 Å². The smallest absolute Gasteiger partial charge is 0.323 e. The maximum Gasteiger partial charge on any atom is 0.323 e. The van der Waals surface area contributed by atoms with Gasteiger partial charge in [-0.3, -0.25) is 4.79 Å². The zero-order valence-electron chi connectivity index (χ0n) is 11.3. The lowest BCUT2D eigenvalue weighted by Crippen LogP contribution is -2.44. The van der Waals surface area contributed by atoms with Gasteiger partial charge in [-0.25, -0.2) is 4.79 Å². The molecule has 1 aliphatic rings. The van der Waals surface area contributed by atoms with Crippen LogP contribution in [0.4, 0.5) is 4.79 Å². The first-order valence-electron chi connectivity index (χ1n) is 6.60. The van der Waals surface area contributed by atoms with Crippen molar-refractivity contribution < 1.29 is 19.4 Å². The maximum atomic E-state index is 12.1. The minimum atomic E-state index is -1.02. The van der Waals surface area contributed by atoms with Gasteiger partial charge in [0.15, 0.2) is 0 Å². The minimum absolute atomic E-state index is 0.143. The zero-order chi connectivity index (χ0) is 14.5. The molecule has 2 N–H and O–H groups in total. The number of nitrogens with one attached hydrogen (secondary N) is 1. The number of urea groups is 1. The summed E-state index contributed by atoms with van der Waals surface area (Å²) in [6.07, 6.45) is 0.674. The van der Waals surface area contributed by atoms with Crippen molar-refractivity contribution in [3.8, 4) is 5.75 Å². The molecule has 2 rings (SSSR count). The first-order valence-corrected chi connectivity index (χ1v) is 6.60. The number of amides is 2. The molecule has 6 heteroatoms. The summed E-state index contributed by atoms with van der Waals surface area (Å²) in [5, 5.41) is 11.7. The van der Waals surface area contributed by atoms with E-state index in [1.807, 2.05) is 24.3 Å². The number of fused-ring (bicyclic) bond motifs is 1. The van der Waals surface area contributed by atoms with Crippen LogP contribution in [-0.2, 0) is 4.79 Å². The lowest BCUT2D eigenvalue weighted by molar-refractivity contribution is -0.137. The zero-order valence-corrected chi connectivity index (χ0v) is 11.3. The average Bonchev–Trinajstić information content (AvgIpc) is 2.45. The third kappa shape index (κ3) is 3.20. The van der Waals surface area contributed by atoms with Gasteiger partial charge in [-0.15, -0.1) is 0 Å². The van der Waals surface area contributed by atoms with E-state index in [4.69, 9.17) is 9.84 Å². The quantitative estimate of drug-likeness (QED) is 0.877. The van der Waals surface area contributed by atoms with Crippen LogP contribution in [0.2, 0.25) is 0 Å². The highest BCUT2D eigenvalue weighted by Crippen LogP contribution is 2.31. The summed E-state index contributed by atoms with van der Waals surface area (Å²) in [4.78, 5) is 24.1. The van der Waals surface area contributed by atoms with Crippen molar-refractivity contribution in [2.75, 3.05) is 19.7 Å². The number of rotatable bonds is 4. The lowest BCUT2D eigenvalue weighted by atomic mass is 10.0. The van der Waals surface area contributed by atoms with E-state index in [9.17, 15) is 9.59 Å². The largest absolute Gasteiger partial charge is 0.493 e. The number of para-hydroxylation sites is 1. The monoisotopic (exact) mass is 278 g/mol. The van der Waals surface area contributed by atoms with E-state index in [1.54, 1.807) is 6.92 Å². The Morgan fingerprint density at radius 2 is 2.20 bits per heavy atom. The average molecular weight is 278 g/mol. The molecule has 0 fully saturated rings. The molecule has 1 aliphatic heterocycles. The van der Waals surface area contributed by atoms with Crippen molar-refractivity contribution in [2.24, 2.45) is 0 Å². The van der Waals surface area contributed by atoms with E-state index in [0.29, 0.717) is 19.6 Å². The summed E-state index contributed by atoms with van der Waals surface area (Å²) in [5.41, 5.74) is 0.929. The minimum Gasteiger partial charge on any atom is -0.493 e. The number of likely N-dealkylation sites (N-methyl/N-ethyl adjacent to an activating group) is 1. The molecule has 20 heavy (non-hydrogen) atoms. The second-order valence-electron chi connectivity index (χ2n) is 4.58. The molecule has 0 bridgehead atoms. The molecule has 0 aliphatic carbocycles. The van der Waals surface area contributed by atoms with E-state index < -0.39 is 5.97 Å². The molecular formula is C14H18N2O4. The van der Waals surface area contributed by atoms with Crippen LogP contribution in [0, 0.1) is 0 Å². The topological polar surface area (TPSA) is 78.9 Å². The van der Waals surface area contributed by atoms with Gasteiger partial charge in [-0.1, -0.05) is 18.2 Å². The van der Waals surface area contributed by atoms with Gasteiger partial charge in [-0.2, -0.15) is 0 Å². The second kappa shape index (κ2) is 6.27. The van der Waals surface area contributed by atoms with Gasteiger partial charge in [0.25, 0.3) is 0 Å². The Balaban J connectivity index is 2.07. The standard InChI is InChI=1S/C14H18N2O4/c1-2-16(9-13(17)18)14(19)15-11-7-8-20-12-6-4-3-5-10(11)12/h3-6,11H,2,7-9H2,1H3,(H,15,19)(H,17,18). The molecule has 0 saturated heterocycles. The molecular weight excluding hydrogens is 260 g/mol. The van der Waals surface area contributed by atoms with Crippen molar-refractivity contribution in [3.05, 3.63) is 29.8 Å². The third-order valence-electron chi connectivity index (χ3n) is 3.25. The highest BCUT2D eigenvalue weighted by molar-refractivity contribution is 5.80. The van der Waals surface area contributed by atoms with Crippen LogP contribution in [0.25, 0.3) is 0 Å². The molecule has 1 unspecified atom stereocenters. The first-order chi connectivity index (χ1) is 9.61. The van der Waals surface area contributed by atoms with Gasteiger partial charge < -0.3 is 20.1 Å². The number of carbonyl (C=O) groups is 2. The summed E-state index contributed by atoms with van der Waals surface area (Å²) in [7, 11) is 0. The molecule has 0 aromatic heterocycles. The number of aliphatic carboxylic acids is 1. The molecule has 108 valence electrons. The van der Waals surface area contributed by atoms with Gasteiger partial charge in [0.05, 0.1) is 12.6 Å². The summed E-state index contributed by atoms with van der Waals surface area (Å²) in [6, 6.07) is 7.04. The fraction of sp³-hybridized carbons (Fsp3) is 0.429. The Morgan fingerprint density at radius 1 is 1.45 bits per heavy atom. The molecule has 1 aromatic rings. The number of carboxylic acids is 1. The molecule has 0 saturated carbocycles. The number of carbonyl (C=O) groups excluding carboxylic acids is 1. The van der Waals surface area contributed by atoms with Crippen molar-refractivity contribution in [2.45, 2.75) is 19.4 Å². The van der Waals surface area contributed by atoms with Crippen LogP contribution in [0.15, 0.2) is 24.3 Å². The molecule has 1 atom stereocenters. The summed E-state index contributed by atoms with van der Waals surface area (Å²) < 4.78 is 5.53. The summed E-state index contributed by atoms with van der Waals surface area (Å²) in [6.45, 7) is 2.34. The highest BCUT2D eigenvalue weighted by Gasteiger charge is 2.24. The highest BCUT2D eigenvalue weighted by atomic mass is 16.5. The Hall–Kier alpha value is -2.24. The maximum absolute atomic E-state index is 12.1. The number of hydrogen-bond donors (Lipinski definition) is 2. The van der Waals surface area contributed by atoms with E-state index >= 15 is 0 Å². The molecule has 6 nitrogen and oxygen atoms in total. The van der Waals surface area contributed by atoms with Crippen LogP contribution < -0.4 is 10.1 Å². The van der Waals surface area contributed by atoms with Gasteiger partial charge in [0, 0.05) is 18.5 Å². The summed E-state index contributed by atoms with van der Waals surface area (Å²) in [5.74, 6) is -0.250. The van der Waals surface area contributed by atoms with Crippen molar-refractivity contribution >= 4 is 12.0 Å². The Labute approximate surface area is 117 Å². The van der Waals surface area contributed by atoms with Crippen molar-refractivity contribution in [1.82, 2.24) is 10.2 Å². The number of carboxylic acid groups (broad SMARTS) is 1. The number of ether oxygens (including phenoxy) is 1. The van der Waals surface area contributed by atoms with Crippen LogP contribution in [0.1, 0.15) is 24.9 Å². The van der Waals surface area contributed by atoms with E-state index in [-0.39, 0.29) is 18.6 Å². The molecule has 0 radical (unpaired) electrons. The first kappa shape index (κ1) is 14.2. The second-order valence-corrected chi connectivity index (χ2v) is 4.58. The number of hydrogen-bond acceptors (Lipinski definition) is 3. The van der Waals surface area contributed by atoms with Crippen LogP contribution in [0.3, 0.4) is 0 Å². The third-order valence-corrected chi connectivity index (χ3v) is 3.25. The normalized spacial score (nSPS) is 16.8. The number of nitrogens with zero attached hydrogens (tertiary/aromatic N) is 1. The van der Waals surface area contributed by atoms with Gasteiger partial charge in [0.2, 0.25) is 0 Å². The lowest BCUT2D eigenvalue weighted by Gasteiger charge is -2.29.